The van der Waals surface area contributed by atoms with Crippen LogP contribution in [-0.4, -0.2) is 32.8 Å². The second-order valence-corrected chi connectivity index (χ2v) is 4.74. The molecule has 104 valence electrons. The van der Waals surface area contributed by atoms with Crippen LogP contribution in [0.4, 0.5) is 0 Å². The standard InChI is InChI=1S/C14H18O5/c1-8-7-10(13(15)17-2)11(14(16)18-3)9-5-4-6-19-12(8)9/h9H,4-7H2,1-3H3/t9-/m0/s1. The Bertz CT molecular complexity index is 472. The molecule has 1 atom stereocenters. The van der Waals surface area contributed by atoms with Gasteiger partial charge in [-0.15, -0.1) is 0 Å². The maximum Gasteiger partial charge on any atom is 0.335 e. The fraction of sp³-hybridized carbons (Fsp3) is 0.571. The molecule has 1 aliphatic carbocycles. The number of esters is 2. The van der Waals surface area contributed by atoms with Crippen molar-refractivity contribution >= 4 is 11.9 Å². The molecule has 2 aliphatic rings. The summed E-state index contributed by atoms with van der Waals surface area (Å²) in [6, 6.07) is 0. The van der Waals surface area contributed by atoms with Gasteiger partial charge in [0.2, 0.25) is 0 Å². The van der Waals surface area contributed by atoms with Crippen LogP contribution in [0.3, 0.4) is 0 Å². The number of methoxy groups -OCH3 is 2. The van der Waals surface area contributed by atoms with E-state index >= 15 is 0 Å². The van der Waals surface area contributed by atoms with Gasteiger partial charge in [-0.3, -0.25) is 0 Å². The number of hydrogen-bond donors (Lipinski definition) is 0. The van der Waals surface area contributed by atoms with Gasteiger partial charge < -0.3 is 14.2 Å². The van der Waals surface area contributed by atoms with Crippen molar-refractivity contribution in [2.24, 2.45) is 5.92 Å². The van der Waals surface area contributed by atoms with Crippen molar-refractivity contribution in [3.05, 3.63) is 22.5 Å². The van der Waals surface area contributed by atoms with Crippen LogP contribution in [0.5, 0.6) is 0 Å². The van der Waals surface area contributed by atoms with E-state index in [1.54, 1.807) is 0 Å². The third-order valence-electron chi connectivity index (χ3n) is 3.58. The first-order valence-corrected chi connectivity index (χ1v) is 6.32. The van der Waals surface area contributed by atoms with Gasteiger partial charge in [-0.05, 0) is 25.3 Å². The zero-order valence-electron chi connectivity index (χ0n) is 11.4. The highest BCUT2D eigenvalue weighted by Crippen LogP contribution is 2.41. The number of carbonyl (C=O) groups is 2. The third kappa shape index (κ3) is 2.37. The van der Waals surface area contributed by atoms with E-state index in [0.29, 0.717) is 24.2 Å². The molecule has 5 nitrogen and oxygen atoms in total. The Kier molecular flexibility index (Phi) is 3.93. The molecule has 0 aromatic rings. The van der Waals surface area contributed by atoms with Crippen molar-refractivity contribution in [3.8, 4) is 0 Å². The molecule has 0 amide bonds. The Morgan fingerprint density at radius 3 is 2.53 bits per heavy atom. The normalized spacial score (nSPS) is 22.6. The van der Waals surface area contributed by atoms with E-state index in [4.69, 9.17) is 14.2 Å². The van der Waals surface area contributed by atoms with Gasteiger partial charge >= 0.3 is 11.9 Å². The van der Waals surface area contributed by atoms with Crippen molar-refractivity contribution in [1.82, 2.24) is 0 Å². The van der Waals surface area contributed by atoms with Gasteiger partial charge in [0.1, 0.15) is 5.76 Å². The maximum absolute atomic E-state index is 12.0. The van der Waals surface area contributed by atoms with E-state index in [-0.39, 0.29) is 5.92 Å². The van der Waals surface area contributed by atoms with E-state index in [1.165, 1.54) is 14.2 Å². The lowest BCUT2D eigenvalue weighted by Crippen LogP contribution is -2.30. The van der Waals surface area contributed by atoms with Crippen molar-refractivity contribution in [3.63, 3.8) is 0 Å². The molecule has 0 N–H and O–H groups in total. The summed E-state index contributed by atoms with van der Waals surface area (Å²) in [6.07, 6.45) is 2.02. The van der Waals surface area contributed by atoms with Crippen molar-refractivity contribution < 1.29 is 23.8 Å². The van der Waals surface area contributed by atoms with Gasteiger partial charge in [-0.1, -0.05) is 0 Å². The van der Waals surface area contributed by atoms with E-state index in [0.717, 1.165) is 24.2 Å². The second kappa shape index (κ2) is 5.47. The molecule has 1 fully saturated rings. The number of ether oxygens (including phenoxy) is 3. The fourth-order valence-electron chi connectivity index (χ4n) is 2.74. The summed E-state index contributed by atoms with van der Waals surface area (Å²) in [7, 11) is 2.63. The third-order valence-corrected chi connectivity index (χ3v) is 3.58. The fourth-order valence-corrected chi connectivity index (χ4v) is 2.74. The Hall–Kier alpha value is -1.78. The van der Waals surface area contributed by atoms with E-state index < -0.39 is 11.9 Å². The van der Waals surface area contributed by atoms with Crippen molar-refractivity contribution in [2.45, 2.75) is 26.2 Å². The highest BCUT2D eigenvalue weighted by Gasteiger charge is 2.38. The lowest BCUT2D eigenvalue weighted by atomic mass is 9.79. The number of allylic oxidation sites excluding steroid dienone is 2. The molecule has 0 radical (unpaired) electrons. The summed E-state index contributed by atoms with van der Waals surface area (Å²) in [5.41, 5.74) is 1.78. The molecule has 1 aliphatic heterocycles. The number of hydrogen-bond acceptors (Lipinski definition) is 5. The summed E-state index contributed by atoms with van der Waals surface area (Å²) in [5.74, 6) is -0.298. The topological polar surface area (TPSA) is 61.8 Å². The quantitative estimate of drug-likeness (QED) is 0.712. The van der Waals surface area contributed by atoms with Gasteiger partial charge in [0.05, 0.1) is 32.0 Å². The largest absolute Gasteiger partial charge is 0.497 e. The average Bonchev–Trinajstić information content (AvgIpc) is 2.45. The van der Waals surface area contributed by atoms with Gasteiger partial charge in [0.25, 0.3) is 0 Å². The molecule has 1 heterocycles. The van der Waals surface area contributed by atoms with E-state index in [9.17, 15) is 9.59 Å². The maximum atomic E-state index is 12.0. The minimum absolute atomic E-state index is 0.177. The number of fused-ring (bicyclic) bond motifs is 1. The van der Waals surface area contributed by atoms with Crippen LogP contribution in [0.2, 0.25) is 0 Å². The molecule has 0 bridgehead atoms. The van der Waals surface area contributed by atoms with E-state index in [1.807, 2.05) is 6.92 Å². The van der Waals surface area contributed by atoms with Gasteiger partial charge in [-0.2, -0.15) is 0 Å². The highest BCUT2D eigenvalue weighted by molar-refractivity contribution is 6.02. The van der Waals surface area contributed by atoms with Crippen LogP contribution in [0, 0.1) is 5.92 Å². The Balaban J connectivity index is 2.48. The van der Waals surface area contributed by atoms with Crippen LogP contribution < -0.4 is 0 Å². The Morgan fingerprint density at radius 2 is 1.89 bits per heavy atom. The first-order chi connectivity index (χ1) is 9.10. The predicted octanol–water partition coefficient (Wildman–Crippen LogP) is 1.73. The smallest absolute Gasteiger partial charge is 0.335 e. The van der Waals surface area contributed by atoms with Crippen molar-refractivity contribution in [2.75, 3.05) is 20.8 Å². The molecule has 5 heteroatoms. The first-order valence-electron chi connectivity index (χ1n) is 6.32. The molecule has 19 heavy (non-hydrogen) atoms. The van der Waals surface area contributed by atoms with Gasteiger partial charge in [0, 0.05) is 12.3 Å². The zero-order valence-corrected chi connectivity index (χ0v) is 11.4. The molecular weight excluding hydrogens is 248 g/mol. The lowest BCUT2D eigenvalue weighted by molar-refractivity contribution is -0.140. The minimum atomic E-state index is -0.471. The van der Waals surface area contributed by atoms with E-state index in [2.05, 4.69) is 0 Å². The predicted molar refractivity (Wildman–Crippen MR) is 67.1 cm³/mol. The molecule has 0 aromatic carbocycles. The monoisotopic (exact) mass is 266 g/mol. The summed E-state index contributed by atoms with van der Waals surface area (Å²) in [5, 5.41) is 0. The summed E-state index contributed by atoms with van der Waals surface area (Å²) >= 11 is 0. The molecule has 0 spiro atoms. The number of carbonyl (C=O) groups excluding carboxylic acids is 2. The second-order valence-electron chi connectivity index (χ2n) is 4.74. The zero-order chi connectivity index (χ0) is 14.0. The SMILES string of the molecule is COC(=O)C1=C(C(=O)OC)[C@@H]2CCCOC2=C(C)C1. The summed E-state index contributed by atoms with van der Waals surface area (Å²) in [6.45, 7) is 2.58. The average molecular weight is 266 g/mol. The number of rotatable bonds is 2. The molecule has 0 saturated carbocycles. The van der Waals surface area contributed by atoms with Crippen LogP contribution in [0.25, 0.3) is 0 Å². The molecular formula is C14H18O5. The van der Waals surface area contributed by atoms with Crippen LogP contribution >= 0.6 is 0 Å². The van der Waals surface area contributed by atoms with Crippen molar-refractivity contribution in [1.29, 1.82) is 0 Å². The van der Waals surface area contributed by atoms with Gasteiger partial charge in [0.15, 0.2) is 0 Å². The Morgan fingerprint density at radius 1 is 1.21 bits per heavy atom. The molecule has 0 aromatic heterocycles. The van der Waals surface area contributed by atoms with Crippen LogP contribution in [0.1, 0.15) is 26.2 Å². The highest BCUT2D eigenvalue weighted by atomic mass is 16.5. The Labute approximate surface area is 112 Å². The summed E-state index contributed by atoms with van der Waals surface area (Å²) < 4.78 is 15.3. The lowest BCUT2D eigenvalue weighted by Gasteiger charge is -2.33. The molecule has 0 unspecified atom stereocenters. The molecule has 1 saturated heterocycles. The van der Waals surface area contributed by atoms with Crippen LogP contribution in [-0.2, 0) is 23.8 Å². The van der Waals surface area contributed by atoms with Gasteiger partial charge in [-0.25, -0.2) is 9.59 Å². The first kappa shape index (κ1) is 13.6. The summed E-state index contributed by atoms with van der Waals surface area (Å²) in [4.78, 5) is 23.9. The minimum Gasteiger partial charge on any atom is -0.497 e. The van der Waals surface area contributed by atoms with Crippen LogP contribution in [0.15, 0.2) is 22.5 Å². The molecule has 2 rings (SSSR count).